The Kier molecular flexibility index (Phi) is 6.40. The molecular weight excluding hydrogens is 372 g/mol. The zero-order valence-corrected chi connectivity index (χ0v) is 17.2. The molecule has 2 heterocycles. The molecule has 0 unspecified atom stereocenters. The molecule has 9 nitrogen and oxygen atoms in total. The molecule has 2 N–H and O–H groups in total. The number of anilines is 1. The molecule has 1 amide bonds. The summed E-state index contributed by atoms with van der Waals surface area (Å²) in [5.41, 5.74) is 2.82. The molecule has 0 saturated heterocycles. The molecule has 0 aliphatic carbocycles. The number of methoxy groups -OCH3 is 1. The predicted molar refractivity (Wildman–Crippen MR) is 111 cm³/mol. The van der Waals surface area contributed by atoms with Crippen molar-refractivity contribution in [2.75, 3.05) is 32.1 Å². The van der Waals surface area contributed by atoms with E-state index in [1.165, 1.54) is 0 Å². The quantitative estimate of drug-likeness (QED) is 0.594. The third kappa shape index (κ3) is 4.87. The lowest BCUT2D eigenvalue weighted by molar-refractivity contribution is -0.117. The van der Waals surface area contributed by atoms with Gasteiger partial charge < -0.3 is 15.0 Å². The Morgan fingerprint density at radius 3 is 2.76 bits per heavy atom. The Hall–Kier alpha value is -3.04. The Bertz CT molecular complexity index is 1070. The van der Waals surface area contributed by atoms with Gasteiger partial charge in [-0.25, -0.2) is 4.98 Å². The highest BCUT2D eigenvalue weighted by molar-refractivity contribution is 5.93. The van der Waals surface area contributed by atoms with Gasteiger partial charge in [0, 0.05) is 20.7 Å². The van der Waals surface area contributed by atoms with E-state index in [0.29, 0.717) is 36.4 Å². The van der Waals surface area contributed by atoms with Gasteiger partial charge in [0.25, 0.3) is 5.56 Å². The number of rotatable bonds is 8. The lowest BCUT2D eigenvalue weighted by Crippen LogP contribution is -2.36. The van der Waals surface area contributed by atoms with Crippen LogP contribution in [0.25, 0.3) is 10.9 Å². The summed E-state index contributed by atoms with van der Waals surface area (Å²) in [7, 11) is 3.45. The number of nitrogens with zero attached hydrogens (tertiary/aromatic N) is 4. The van der Waals surface area contributed by atoms with Gasteiger partial charge in [-0.05, 0) is 26.0 Å². The second-order valence-corrected chi connectivity index (χ2v) is 6.95. The predicted octanol–water partition coefficient (Wildman–Crippen LogP) is 1.36. The third-order valence-corrected chi connectivity index (χ3v) is 4.79. The summed E-state index contributed by atoms with van der Waals surface area (Å²) in [5, 5.41) is 7.79. The SMILES string of the molecule is COCCN(CC(=O)Nc1c(C)nn(C)c1C)Cc1nc2ccccc2c(=O)[nH]1. The number of H-pyrrole nitrogens is 1. The molecule has 0 aliphatic rings. The Morgan fingerprint density at radius 1 is 1.31 bits per heavy atom. The van der Waals surface area contributed by atoms with Gasteiger partial charge in [-0.2, -0.15) is 5.10 Å². The summed E-state index contributed by atoms with van der Waals surface area (Å²) in [6, 6.07) is 7.18. The van der Waals surface area contributed by atoms with Crippen LogP contribution in [0.15, 0.2) is 29.1 Å². The van der Waals surface area contributed by atoms with Gasteiger partial charge in [-0.3, -0.25) is 19.2 Å². The van der Waals surface area contributed by atoms with Crippen LogP contribution in [0, 0.1) is 13.8 Å². The average Bonchev–Trinajstić information content (AvgIpc) is 2.92. The van der Waals surface area contributed by atoms with Crippen molar-refractivity contribution in [1.29, 1.82) is 0 Å². The normalized spacial score (nSPS) is 11.3. The zero-order chi connectivity index (χ0) is 21.0. The molecule has 0 spiro atoms. The van der Waals surface area contributed by atoms with E-state index in [1.807, 2.05) is 31.9 Å². The number of benzene rings is 1. The first-order valence-corrected chi connectivity index (χ1v) is 9.38. The highest BCUT2D eigenvalue weighted by atomic mass is 16.5. The van der Waals surface area contributed by atoms with E-state index in [9.17, 15) is 9.59 Å². The van der Waals surface area contributed by atoms with Crippen LogP contribution in [0.2, 0.25) is 0 Å². The van der Waals surface area contributed by atoms with Gasteiger partial charge in [-0.1, -0.05) is 12.1 Å². The average molecular weight is 398 g/mol. The minimum absolute atomic E-state index is 0.133. The summed E-state index contributed by atoms with van der Waals surface area (Å²) >= 11 is 0. The van der Waals surface area contributed by atoms with Crippen LogP contribution in [-0.4, -0.2) is 57.4 Å². The van der Waals surface area contributed by atoms with Crippen LogP contribution < -0.4 is 10.9 Å². The molecule has 3 rings (SSSR count). The number of aromatic nitrogens is 4. The van der Waals surface area contributed by atoms with Crippen molar-refractivity contribution < 1.29 is 9.53 Å². The number of carbonyl (C=O) groups is 1. The van der Waals surface area contributed by atoms with Crippen LogP contribution >= 0.6 is 0 Å². The third-order valence-electron chi connectivity index (χ3n) is 4.79. The molecule has 2 aromatic heterocycles. The molecule has 0 aliphatic heterocycles. The van der Waals surface area contributed by atoms with Gasteiger partial charge in [0.05, 0.1) is 47.7 Å². The van der Waals surface area contributed by atoms with E-state index < -0.39 is 0 Å². The maximum atomic E-state index is 12.6. The van der Waals surface area contributed by atoms with E-state index in [1.54, 1.807) is 30.0 Å². The van der Waals surface area contributed by atoms with E-state index in [4.69, 9.17) is 4.74 Å². The van der Waals surface area contributed by atoms with Crippen molar-refractivity contribution in [1.82, 2.24) is 24.6 Å². The van der Waals surface area contributed by atoms with Gasteiger partial charge in [0.15, 0.2) is 0 Å². The Labute approximate surface area is 168 Å². The molecule has 0 atom stereocenters. The summed E-state index contributed by atoms with van der Waals surface area (Å²) < 4.78 is 6.90. The number of aryl methyl sites for hydroxylation is 2. The van der Waals surface area contributed by atoms with Crippen molar-refractivity contribution in [2.24, 2.45) is 7.05 Å². The molecule has 0 radical (unpaired) electrons. The zero-order valence-electron chi connectivity index (χ0n) is 17.2. The second kappa shape index (κ2) is 8.97. The smallest absolute Gasteiger partial charge is 0.258 e. The molecule has 0 saturated carbocycles. The lowest BCUT2D eigenvalue weighted by atomic mass is 10.2. The number of fused-ring (bicyclic) bond motifs is 1. The number of aromatic amines is 1. The molecule has 1 aromatic carbocycles. The van der Waals surface area contributed by atoms with Gasteiger partial charge in [0.2, 0.25) is 5.91 Å². The fourth-order valence-electron chi connectivity index (χ4n) is 3.19. The summed E-state index contributed by atoms with van der Waals surface area (Å²) in [4.78, 5) is 34.2. The number of amides is 1. The van der Waals surface area contributed by atoms with E-state index in [-0.39, 0.29) is 18.0 Å². The first kappa shape index (κ1) is 20.7. The molecular formula is C20H26N6O3. The second-order valence-electron chi connectivity index (χ2n) is 6.95. The van der Waals surface area contributed by atoms with Crippen LogP contribution in [0.3, 0.4) is 0 Å². The van der Waals surface area contributed by atoms with E-state index >= 15 is 0 Å². The van der Waals surface area contributed by atoms with Crippen molar-refractivity contribution in [3.63, 3.8) is 0 Å². The van der Waals surface area contributed by atoms with E-state index in [2.05, 4.69) is 20.4 Å². The number of hydrogen-bond acceptors (Lipinski definition) is 6. The first-order valence-electron chi connectivity index (χ1n) is 9.38. The van der Waals surface area contributed by atoms with Gasteiger partial charge in [-0.15, -0.1) is 0 Å². The monoisotopic (exact) mass is 398 g/mol. The number of para-hydroxylation sites is 1. The Morgan fingerprint density at radius 2 is 2.07 bits per heavy atom. The molecule has 154 valence electrons. The first-order chi connectivity index (χ1) is 13.9. The van der Waals surface area contributed by atoms with Gasteiger partial charge >= 0.3 is 0 Å². The standard InChI is InChI=1S/C20H26N6O3/c1-13-19(14(2)25(3)24-13)23-18(27)12-26(9-10-29-4)11-17-21-16-8-6-5-7-15(16)20(28)22-17/h5-8H,9-12H2,1-4H3,(H,23,27)(H,21,22,28). The van der Waals surface area contributed by atoms with Crippen molar-refractivity contribution in [3.8, 4) is 0 Å². The number of nitrogens with one attached hydrogen (secondary N) is 2. The maximum absolute atomic E-state index is 12.6. The van der Waals surface area contributed by atoms with Gasteiger partial charge in [0.1, 0.15) is 5.82 Å². The topological polar surface area (TPSA) is 105 Å². The molecule has 0 fully saturated rings. The summed E-state index contributed by atoms with van der Waals surface area (Å²) in [5.74, 6) is 0.342. The van der Waals surface area contributed by atoms with Crippen molar-refractivity contribution in [2.45, 2.75) is 20.4 Å². The van der Waals surface area contributed by atoms with Crippen LogP contribution in [0.5, 0.6) is 0 Å². The number of hydrogen-bond donors (Lipinski definition) is 2. The number of carbonyl (C=O) groups excluding carboxylic acids is 1. The van der Waals surface area contributed by atoms with Crippen LogP contribution in [-0.2, 0) is 23.1 Å². The fourth-order valence-corrected chi connectivity index (χ4v) is 3.19. The van der Waals surface area contributed by atoms with Crippen LogP contribution in [0.1, 0.15) is 17.2 Å². The fraction of sp³-hybridized carbons (Fsp3) is 0.400. The maximum Gasteiger partial charge on any atom is 0.258 e. The molecule has 0 bridgehead atoms. The van der Waals surface area contributed by atoms with E-state index in [0.717, 1.165) is 17.1 Å². The van der Waals surface area contributed by atoms with Crippen LogP contribution in [0.4, 0.5) is 5.69 Å². The molecule has 3 aromatic rings. The van der Waals surface area contributed by atoms with Crippen molar-refractivity contribution in [3.05, 3.63) is 51.8 Å². The highest BCUT2D eigenvalue weighted by Crippen LogP contribution is 2.18. The Balaban J connectivity index is 1.75. The minimum atomic E-state index is -0.191. The largest absolute Gasteiger partial charge is 0.383 e. The minimum Gasteiger partial charge on any atom is -0.383 e. The van der Waals surface area contributed by atoms with Crippen molar-refractivity contribution >= 4 is 22.5 Å². The summed E-state index contributed by atoms with van der Waals surface area (Å²) in [6.07, 6.45) is 0. The lowest BCUT2D eigenvalue weighted by Gasteiger charge is -2.21. The summed E-state index contributed by atoms with van der Waals surface area (Å²) in [6.45, 7) is 5.19. The molecule has 9 heteroatoms. The number of ether oxygens (including phenoxy) is 1. The highest BCUT2D eigenvalue weighted by Gasteiger charge is 2.17. The molecule has 29 heavy (non-hydrogen) atoms.